The van der Waals surface area contributed by atoms with Gasteiger partial charge >= 0.3 is 0 Å². The van der Waals surface area contributed by atoms with Crippen LogP contribution in [0.2, 0.25) is 0 Å². The van der Waals surface area contributed by atoms with E-state index in [1.807, 2.05) is 18.2 Å². The molecule has 2 aromatic carbocycles. The average molecular weight is 474 g/mol. The van der Waals surface area contributed by atoms with Gasteiger partial charge in [0, 0.05) is 11.3 Å². The van der Waals surface area contributed by atoms with E-state index < -0.39 is 9.84 Å². The number of benzene rings is 2. The van der Waals surface area contributed by atoms with Crippen LogP contribution in [0.5, 0.6) is 11.5 Å². The molecule has 0 spiro atoms. The highest BCUT2D eigenvalue weighted by Gasteiger charge is 2.35. The van der Waals surface area contributed by atoms with Gasteiger partial charge in [-0.2, -0.15) is 0 Å². The van der Waals surface area contributed by atoms with Gasteiger partial charge < -0.3 is 18.8 Å². The Bertz CT molecular complexity index is 1250. The van der Waals surface area contributed by atoms with Gasteiger partial charge in [0.15, 0.2) is 21.3 Å². The van der Waals surface area contributed by atoms with E-state index in [1.165, 1.54) is 0 Å². The highest BCUT2D eigenvalue weighted by atomic mass is 32.2. The van der Waals surface area contributed by atoms with E-state index in [-0.39, 0.29) is 41.2 Å². The minimum absolute atomic E-state index is 0.0346. The van der Waals surface area contributed by atoms with Crippen molar-refractivity contribution in [2.45, 2.75) is 17.7 Å². The van der Waals surface area contributed by atoms with Crippen molar-refractivity contribution in [1.82, 2.24) is 10.2 Å². The lowest BCUT2D eigenvalue weighted by molar-refractivity contribution is -0.116. The van der Waals surface area contributed by atoms with Crippen molar-refractivity contribution in [3.8, 4) is 23.0 Å². The maximum Gasteiger partial charge on any atom is 0.277 e. The van der Waals surface area contributed by atoms with Crippen LogP contribution in [0.4, 0.5) is 5.69 Å². The number of para-hydroxylation sites is 1. The Morgan fingerprint density at radius 2 is 1.91 bits per heavy atom. The van der Waals surface area contributed by atoms with Crippen molar-refractivity contribution in [3.05, 3.63) is 48.5 Å². The van der Waals surface area contributed by atoms with Gasteiger partial charge in [-0.05, 0) is 36.8 Å². The zero-order valence-corrected chi connectivity index (χ0v) is 18.5. The molecule has 166 valence electrons. The number of ether oxygens (including phenoxy) is 2. The first kappa shape index (κ1) is 20.8. The Morgan fingerprint density at radius 1 is 1.09 bits per heavy atom. The minimum Gasteiger partial charge on any atom is -0.454 e. The van der Waals surface area contributed by atoms with Gasteiger partial charge in [0.1, 0.15) is 0 Å². The summed E-state index contributed by atoms with van der Waals surface area (Å²) in [5.74, 6) is 1.44. The summed E-state index contributed by atoms with van der Waals surface area (Å²) in [6, 6.07) is 14.0. The molecular formula is C21H19N3O6S2. The van der Waals surface area contributed by atoms with E-state index in [4.69, 9.17) is 13.9 Å². The first-order chi connectivity index (χ1) is 15.5. The molecule has 0 aliphatic carbocycles. The van der Waals surface area contributed by atoms with Gasteiger partial charge in [0.2, 0.25) is 18.6 Å². The number of hydrogen-bond donors (Lipinski definition) is 0. The van der Waals surface area contributed by atoms with Crippen LogP contribution < -0.4 is 14.4 Å². The topological polar surface area (TPSA) is 112 Å². The van der Waals surface area contributed by atoms with Gasteiger partial charge in [-0.15, -0.1) is 10.2 Å². The molecule has 1 atom stereocenters. The first-order valence-electron chi connectivity index (χ1n) is 9.92. The average Bonchev–Trinajstić information content (AvgIpc) is 3.52. The smallest absolute Gasteiger partial charge is 0.277 e. The molecule has 0 unspecified atom stereocenters. The zero-order valence-electron chi connectivity index (χ0n) is 16.8. The quantitative estimate of drug-likeness (QED) is 0.499. The number of aromatic nitrogens is 2. The fraction of sp³-hybridized carbons (Fsp3) is 0.286. The molecule has 1 amide bonds. The fourth-order valence-electron chi connectivity index (χ4n) is 3.73. The predicted octanol–water partition coefficient (Wildman–Crippen LogP) is 2.78. The highest BCUT2D eigenvalue weighted by Crippen LogP contribution is 2.36. The number of anilines is 1. The Kier molecular flexibility index (Phi) is 5.51. The lowest BCUT2D eigenvalue weighted by Gasteiger charge is -2.28. The Balaban J connectivity index is 1.30. The minimum atomic E-state index is -3.14. The number of rotatable bonds is 6. The molecule has 1 saturated heterocycles. The summed E-state index contributed by atoms with van der Waals surface area (Å²) in [5, 5.41) is 8.32. The maximum atomic E-state index is 13.1. The second-order valence-electron chi connectivity index (χ2n) is 7.39. The molecule has 0 saturated carbocycles. The molecule has 0 radical (unpaired) electrons. The van der Waals surface area contributed by atoms with Crippen molar-refractivity contribution in [2.75, 3.05) is 29.0 Å². The third-order valence-corrected chi connectivity index (χ3v) is 7.78. The number of amides is 1. The van der Waals surface area contributed by atoms with Crippen LogP contribution in [0.25, 0.3) is 11.5 Å². The zero-order chi connectivity index (χ0) is 22.1. The van der Waals surface area contributed by atoms with E-state index in [1.54, 1.807) is 35.2 Å². The second-order valence-corrected chi connectivity index (χ2v) is 10.5. The first-order valence-corrected chi connectivity index (χ1v) is 12.7. The summed E-state index contributed by atoms with van der Waals surface area (Å²) >= 11 is 1.11. The molecule has 1 aromatic heterocycles. The molecule has 5 rings (SSSR count). The van der Waals surface area contributed by atoms with Crippen LogP contribution in [-0.4, -0.2) is 54.6 Å². The molecular weight excluding hydrogens is 454 g/mol. The summed E-state index contributed by atoms with van der Waals surface area (Å²) in [4.78, 5) is 14.7. The fourth-order valence-corrected chi connectivity index (χ4v) is 6.06. The van der Waals surface area contributed by atoms with E-state index in [0.717, 1.165) is 11.8 Å². The van der Waals surface area contributed by atoms with E-state index in [9.17, 15) is 13.2 Å². The molecule has 32 heavy (non-hydrogen) atoms. The van der Waals surface area contributed by atoms with Gasteiger partial charge in [-0.25, -0.2) is 8.42 Å². The molecule has 9 nitrogen and oxygen atoms in total. The third-order valence-electron chi connectivity index (χ3n) is 5.22. The summed E-state index contributed by atoms with van der Waals surface area (Å²) in [5.41, 5.74) is 1.36. The maximum absolute atomic E-state index is 13.1. The van der Waals surface area contributed by atoms with Crippen molar-refractivity contribution in [1.29, 1.82) is 0 Å². The monoisotopic (exact) mass is 473 g/mol. The highest BCUT2D eigenvalue weighted by molar-refractivity contribution is 7.99. The number of thioether (sulfide) groups is 1. The summed E-state index contributed by atoms with van der Waals surface area (Å²) < 4.78 is 40.4. The van der Waals surface area contributed by atoms with Crippen LogP contribution in [0.3, 0.4) is 0 Å². The van der Waals surface area contributed by atoms with Crippen LogP contribution in [0.15, 0.2) is 58.2 Å². The third kappa shape index (κ3) is 4.30. The molecule has 1 fully saturated rings. The Morgan fingerprint density at radius 3 is 2.69 bits per heavy atom. The molecule has 2 aliphatic rings. The van der Waals surface area contributed by atoms with Crippen LogP contribution in [-0.2, 0) is 14.6 Å². The lowest BCUT2D eigenvalue weighted by atomic mass is 10.2. The second kappa shape index (κ2) is 8.47. The van der Waals surface area contributed by atoms with Crippen molar-refractivity contribution in [2.24, 2.45) is 0 Å². The number of carbonyl (C=O) groups excluding carboxylic acids is 1. The Hall–Kier alpha value is -3.05. The summed E-state index contributed by atoms with van der Waals surface area (Å²) in [6.45, 7) is 0.173. The lowest BCUT2D eigenvalue weighted by Crippen LogP contribution is -2.42. The van der Waals surface area contributed by atoms with Gasteiger partial charge in [0.25, 0.3) is 5.22 Å². The Labute approximate surface area is 188 Å². The number of sulfone groups is 1. The summed E-state index contributed by atoms with van der Waals surface area (Å²) in [7, 11) is -3.14. The normalized spacial score (nSPS) is 18.6. The van der Waals surface area contributed by atoms with Gasteiger partial charge in [-0.1, -0.05) is 30.0 Å². The van der Waals surface area contributed by atoms with Crippen LogP contribution in [0, 0.1) is 0 Å². The van der Waals surface area contributed by atoms with E-state index in [0.29, 0.717) is 35.1 Å². The van der Waals surface area contributed by atoms with Gasteiger partial charge in [-0.3, -0.25) is 4.79 Å². The van der Waals surface area contributed by atoms with Crippen molar-refractivity contribution < 1.29 is 27.1 Å². The standard InChI is InChI=1S/C21H19N3O6S2/c25-19(24(15-4-2-1-3-5-15)16-8-9-32(26,27)12-16)11-31-21-23-22-20(30-21)14-6-7-17-18(10-14)29-13-28-17/h1-7,10,16H,8-9,11-13H2/t16-/m1/s1. The molecule has 2 aliphatic heterocycles. The number of fused-ring (bicyclic) bond motifs is 1. The molecule has 3 heterocycles. The SMILES string of the molecule is O=C(CSc1nnc(-c2ccc3c(c2)OCO3)o1)N(c1ccccc1)[C@@H]1CCS(=O)(=O)C1. The van der Waals surface area contributed by atoms with Gasteiger partial charge in [0.05, 0.1) is 23.3 Å². The van der Waals surface area contributed by atoms with Crippen LogP contribution >= 0.6 is 11.8 Å². The number of hydrogen-bond acceptors (Lipinski definition) is 9. The predicted molar refractivity (Wildman–Crippen MR) is 118 cm³/mol. The van der Waals surface area contributed by atoms with E-state index >= 15 is 0 Å². The van der Waals surface area contributed by atoms with Crippen molar-refractivity contribution >= 4 is 33.2 Å². The molecule has 3 aromatic rings. The molecule has 11 heteroatoms. The van der Waals surface area contributed by atoms with Crippen molar-refractivity contribution in [3.63, 3.8) is 0 Å². The number of nitrogens with zero attached hydrogens (tertiary/aromatic N) is 3. The number of carbonyl (C=O) groups is 1. The molecule has 0 N–H and O–H groups in total. The largest absolute Gasteiger partial charge is 0.454 e. The summed E-state index contributed by atoms with van der Waals surface area (Å²) in [6.07, 6.45) is 0.419. The van der Waals surface area contributed by atoms with E-state index in [2.05, 4.69) is 10.2 Å². The molecule has 0 bridgehead atoms. The van der Waals surface area contributed by atoms with Crippen LogP contribution in [0.1, 0.15) is 6.42 Å².